The Morgan fingerprint density at radius 2 is 1.61 bits per heavy atom. The van der Waals surface area contributed by atoms with Crippen LogP contribution in [0.25, 0.3) is 0 Å². The van der Waals surface area contributed by atoms with Gasteiger partial charge in [-0.2, -0.15) is 0 Å². The molecule has 1 aliphatic heterocycles. The number of amides is 1. The van der Waals surface area contributed by atoms with Crippen molar-refractivity contribution in [1.29, 1.82) is 0 Å². The number of anilines is 1. The van der Waals surface area contributed by atoms with Gasteiger partial charge in [-0.25, -0.2) is 8.42 Å². The second-order valence-electron chi connectivity index (χ2n) is 8.10. The summed E-state index contributed by atoms with van der Waals surface area (Å²) in [5, 5.41) is 0. The highest BCUT2D eigenvalue weighted by Gasteiger charge is 2.28. The lowest BCUT2D eigenvalue weighted by molar-refractivity contribution is 0.0622. The van der Waals surface area contributed by atoms with Crippen LogP contribution in [0.15, 0.2) is 47.4 Å². The maximum atomic E-state index is 13.1. The average molecular weight is 401 g/mol. The molecule has 1 amide bonds. The molecule has 0 aliphatic carbocycles. The van der Waals surface area contributed by atoms with E-state index in [2.05, 4.69) is 18.6 Å². The van der Waals surface area contributed by atoms with Gasteiger partial charge in [-0.15, -0.1) is 0 Å². The highest BCUT2D eigenvalue weighted by Crippen LogP contribution is 2.25. The van der Waals surface area contributed by atoms with Crippen molar-refractivity contribution in [2.24, 2.45) is 11.8 Å². The van der Waals surface area contributed by atoms with Crippen LogP contribution in [0, 0.1) is 25.7 Å². The number of sulfonamides is 1. The molecule has 6 heteroatoms. The van der Waals surface area contributed by atoms with Gasteiger partial charge in [0.05, 0.1) is 4.90 Å². The van der Waals surface area contributed by atoms with Crippen molar-refractivity contribution in [3.05, 3.63) is 59.2 Å². The van der Waals surface area contributed by atoms with Gasteiger partial charge in [0.1, 0.15) is 0 Å². The number of aryl methyl sites for hydroxylation is 2. The van der Waals surface area contributed by atoms with Crippen molar-refractivity contribution in [3.8, 4) is 0 Å². The van der Waals surface area contributed by atoms with E-state index in [1.54, 1.807) is 24.3 Å². The first-order valence-electron chi connectivity index (χ1n) is 9.65. The predicted molar refractivity (Wildman–Crippen MR) is 112 cm³/mol. The molecule has 1 saturated heterocycles. The van der Waals surface area contributed by atoms with Crippen molar-refractivity contribution in [2.45, 2.75) is 39.0 Å². The van der Waals surface area contributed by atoms with E-state index in [4.69, 9.17) is 0 Å². The number of nitrogens with zero attached hydrogens (tertiary/aromatic N) is 1. The number of carbonyl (C=O) groups is 1. The quantitative estimate of drug-likeness (QED) is 0.835. The van der Waals surface area contributed by atoms with Crippen LogP contribution in [0.2, 0.25) is 0 Å². The molecule has 1 N–H and O–H groups in total. The summed E-state index contributed by atoms with van der Waals surface area (Å²) in [6, 6.07) is 11.9. The number of likely N-dealkylation sites (tertiary alicyclic amines) is 1. The number of benzene rings is 2. The standard InChI is InChI=1S/C22H28N2O3S/c1-15-5-8-19(9-6-15)23-28(26,27)20-10-7-18(4)21(12-20)22(25)24-13-16(2)11-17(3)14-24/h5-10,12,16-17,23H,11,13-14H2,1-4H3/t16-,17+. The van der Waals surface area contributed by atoms with Gasteiger partial charge >= 0.3 is 0 Å². The Morgan fingerprint density at radius 3 is 2.21 bits per heavy atom. The molecule has 2 atom stereocenters. The Morgan fingerprint density at radius 1 is 1.00 bits per heavy atom. The first-order chi connectivity index (χ1) is 13.2. The van der Waals surface area contributed by atoms with Crippen LogP contribution in [-0.2, 0) is 10.0 Å². The van der Waals surface area contributed by atoms with Crippen molar-refractivity contribution in [2.75, 3.05) is 17.8 Å². The van der Waals surface area contributed by atoms with Gasteiger partial charge in [-0.3, -0.25) is 9.52 Å². The summed E-state index contributed by atoms with van der Waals surface area (Å²) in [4.78, 5) is 15.0. The second-order valence-corrected chi connectivity index (χ2v) is 9.79. The van der Waals surface area contributed by atoms with Crippen molar-refractivity contribution >= 4 is 21.6 Å². The Labute approximate surface area is 167 Å². The predicted octanol–water partition coefficient (Wildman–Crippen LogP) is 4.22. The molecule has 3 rings (SSSR count). The zero-order chi connectivity index (χ0) is 20.5. The highest BCUT2D eigenvalue weighted by atomic mass is 32.2. The summed E-state index contributed by atoms with van der Waals surface area (Å²) in [6.07, 6.45) is 1.11. The van der Waals surface area contributed by atoms with E-state index >= 15 is 0 Å². The van der Waals surface area contributed by atoms with Crippen molar-refractivity contribution < 1.29 is 13.2 Å². The number of hydrogen-bond acceptors (Lipinski definition) is 3. The van der Waals surface area contributed by atoms with Crippen molar-refractivity contribution in [1.82, 2.24) is 4.90 Å². The van der Waals surface area contributed by atoms with Crippen LogP contribution < -0.4 is 4.72 Å². The third-order valence-electron chi connectivity index (χ3n) is 5.21. The molecule has 5 nitrogen and oxygen atoms in total. The van der Waals surface area contributed by atoms with E-state index in [1.807, 2.05) is 30.9 Å². The lowest BCUT2D eigenvalue weighted by atomic mass is 9.91. The highest BCUT2D eigenvalue weighted by molar-refractivity contribution is 7.92. The molecule has 1 aliphatic rings. The van der Waals surface area contributed by atoms with Crippen LogP contribution in [0.5, 0.6) is 0 Å². The first-order valence-corrected chi connectivity index (χ1v) is 11.1. The van der Waals surface area contributed by atoms with Crippen LogP contribution >= 0.6 is 0 Å². The summed E-state index contributed by atoms with van der Waals surface area (Å²) in [5.41, 5.74) is 2.78. The summed E-state index contributed by atoms with van der Waals surface area (Å²) < 4.78 is 28.2. The average Bonchev–Trinajstić information content (AvgIpc) is 2.62. The van der Waals surface area contributed by atoms with Gasteiger partial charge < -0.3 is 4.90 Å². The van der Waals surface area contributed by atoms with E-state index < -0.39 is 10.0 Å². The minimum Gasteiger partial charge on any atom is -0.338 e. The Balaban J connectivity index is 1.88. The Bertz CT molecular complexity index is 958. The Hall–Kier alpha value is -2.34. The maximum absolute atomic E-state index is 13.1. The first kappa shape index (κ1) is 20.4. The number of piperidine rings is 1. The lowest BCUT2D eigenvalue weighted by Crippen LogP contribution is -2.42. The summed E-state index contributed by atoms with van der Waals surface area (Å²) in [5.74, 6) is 0.800. The molecule has 0 unspecified atom stereocenters. The zero-order valence-corrected chi connectivity index (χ0v) is 17.7. The minimum atomic E-state index is -3.77. The van der Waals surface area contributed by atoms with E-state index in [0.29, 0.717) is 36.2 Å². The fraction of sp³-hybridized carbons (Fsp3) is 0.409. The summed E-state index contributed by atoms with van der Waals surface area (Å²) >= 11 is 0. The largest absolute Gasteiger partial charge is 0.338 e. The van der Waals surface area contributed by atoms with Gasteiger partial charge in [0.15, 0.2) is 0 Å². The monoisotopic (exact) mass is 400 g/mol. The SMILES string of the molecule is Cc1ccc(NS(=O)(=O)c2ccc(C)c(C(=O)N3C[C@H](C)C[C@H](C)C3)c2)cc1. The molecule has 0 bridgehead atoms. The van der Waals surface area contributed by atoms with Gasteiger partial charge in [-0.05, 0) is 61.9 Å². The van der Waals surface area contributed by atoms with E-state index in [-0.39, 0.29) is 10.8 Å². The van der Waals surface area contributed by atoms with E-state index in [1.165, 1.54) is 6.07 Å². The number of hydrogen-bond donors (Lipinski definition) is 1. The molecule has 2 aromatic carbocycles. The number of carbonyl (C=O) groups excluding carboxylic acids is 1. The third kappa shape index (κ3) is 4.55. The van der Waals surface area contributed by atoms with Gasteiger partial charge in [0.25, 0.3) is 15.9 Å². The smallest absolute Gasteiger partial charge is 0.261 e. The van der Waals surface area contributed by atoms with Gasteiger partial charge in [0.2, 0.25) is 0 Å². The van der Waals surface area contributed by atoms with Crippen molar-refractivity contribution in [3.63, 3.8) is 0 Å². The van der Waals surface area contributed by atoms with Gasteiger partial charge in [0, 0.05) is 24.3 Å². The van der Waals surface area contributed by atoms with Gasteiger partial charge in [-0.1, -0.05) is 37.6 Å². The third-order valence-corrected chi connectivity index (χ3v) is 6.59. The molecular weight excluding hydrogens is 372 g/mol. The van der Waals surface area contributed by atoms with Crippen LogP contribution in [0.1, 0.15) is 41.8 Å². The molecule has 1 heterocycles. The summed E-state index contributed by atoms with van der Waals surface area (Å²) in [6.45, 7) is 9.50. The van der Waals surface area contributed by atoms with Crippen LogP contribution in [0.3, 0.4) is 0 Å². The van der Waals surface area contributed by atoms with E-state index in [0.717, 1.165) is 17.5 Å². The molecule has 1 fully saturated rings. The molecular formula is C22H28N2O3S. The van der Waals surface area contributed by atoms with E-state index in [9.17, 15) is 13.2 Å². The van der Waals surface area contributed by atoms with Crippen LogP contribution in [0.4, 0.5) is 5.69 Å². The maximum Gasteiger partial charge on any atom is 0.261 e. The summed E-state index contributed by atoms with van der Waals surface area (Å²) in [7, 11) is -3.77. The zero-order valence-electron chi connectivity index (χ0n) is 16.9. The molecule has 28 heavy (non-hydrogen) atoms. The molecule has 0 aromatic heterocycles. The second kappa shape index (κ2) is 7.95. The molecule has 0 spiro atoms. The topological polar surface area (TPSA) is 66.5 Å². The number of rotatable bonds is 4. The minimum absolute atomic E-state index is 0.0942. The fourth-order valence-electron chi connectivity index (χ4n) is 3.83. The molecule has 2 aromatic rings. The van der Waals surface area contributed by atoms with Crippen LogP contribution in [-0.4, -0.2) is 32.3 Å². The molecule has 0 radical (unpaired) electrons. The molecule has 150 valence electrons. The normalized spacial score (nSPS) is 20.1. The lowest BCUT2D eigenvalue weighted by Gasteiger charge is -2.35. The fourth-order valence-corrected chi connectivity index (χ4v) is 4.92. The Kier molecular flexibility index (Phi) is 5.79. The molecule has 0 saturated carbocycles. The number of nitrogens with one attached hydrogen (secondary N) is 1.